The van der Waals surface area contributed by atoms with Crippen molar-refractivity contribution in [1.29, 1.82) is 0 Å². The molecule has 2 rings (SSSR count). The van der Waals surface area contributed by atoms with Crippen LogP contribution in [0.15, 0.2) is 60.9 Å². The molecule has 1 amide bonds. The van der Waals surface area contributed by atoms with Crippen LogP contribution in [-0.4, -0.2) is 17.4 Å². The van der Waals surface area contributed by atoms with E-state index in [2.05, 4.69) is 29.4 Å². The SMILES string of the molecule is CC(CNC(=O)/C=C/c1ccncc1)c1ccccc1. The summed E-state index contributed by atoms with van der Waals surface area (Å²) >= 11 is 0. The maximum absolute atomic E-state index is 11.7. The molecule has 0 aliphatic carbocycles. The van der Waals surface area contributed by atoms with Crippen molar-refractivity contribution in [3.8, 4) is 0 Å². The topological polar surface area (TPSA) is 42.0 Å². The lowest BCUT2D eigenvalue weighted by atomic mass is 10.0. The van der Waals surface area contributed by atoms with Gasteiger partial charge in [-0.3, -0.25) is 9.78 Å². The Balaban J connectivity index is 1.82. The highest BCUT2D eigenvalue weighted by Crippen LogP contribution is 2.12. The maximum Gasteiger partial charge on any atom is 0.244 e. The second-order valence-corrected chi connectivity index (χ2v) is 4.67. The lowest BCUT2D eigenvalue weighted by Crippen LogP contribution is -2.25. The molecule has 0 bridgehead atoms. The number of nitrogens with one attached hydrogen (secondary N) is 1. The van der Waals surface area contributed by atoms with Gasteiger partial charge in [-0.05, 0) is 35.3 Å². The van der Waals surface area contributed by atoms with Crippen LogP contribution in [-0.2, 0) is 4.79 Å². The van der Waals surface area contributed by atoms with Gasteiger partial charge in [0, 0.05) is 25.0 Å². The summed E-state index contributed by atoms with van der Waals surface area (Å²) in [5.41, 5.74) is 2.19. The third kappa shape index (κ3) is 4.35. The van der Waals surface area contributed by atoms with Gasteiger partial charge in [-0.15, -0.1) is 0 Å². The zero-order valence-electron chi connectivity index (χ0n) is 11.5. The molecule has 1 aromatic heterocycles. The second kappa shape index (κ2) is 7.24. The average Bonchev–Trinajstić information content (AvgIpc) is 2.52. The largest absolute Gasteiger partial charge is 0.352 e. The molecule has 0 radical (unpaired) electrons. The van der Waals surface area contributed by atoms with Gasteiger partial charge < -0.3 is 5.32 Å². The number of nitrogens with zero attached hydrogens (tertiary/aromatic N) is 1. The van der Waals surface area contributed by atoms with Gasteiger partial charge in [-0.1, -0.05) is 37.3 Å². The predicted molar refractivity (Wildman–Crippen MR) is 81.1 cm³/mol. The number of rotatable bonds is 5. The highest BCUT2D eigenvalue weighted by molar-refractivity contribution is 5.91. The zero-order chi connectivity index (χ0) is 14.2. The van der Waals surface area contributed by atoms with E-state index < -0.39 is 0 Å². The van der Waals surface area contributed by atoms with E-state index in [4.69, 9.17) is 0 Å². The first-order valence-electron chi connectivity index (χ1n) is 6.66. The van der Waals surface area contributed by atoms with E-state index in [1.54, 1.807) is 24.5 Å². The summed E-state index contributed by atoms with van der Waals surface area (Å²) in [5.74, 6) is 0.221. The number of aromatic nitrogens is 1. The van der Waals surface area contributed by atoms with Crippen molar-refractivity contribution in [2.45, 2.75) is 12.8 Å². The normalized spacial score (nSPS) is 12.2. The second-order valence-electron chi connectivity index (χ2n) is 4.67. The standard InChI is InChI=1S/C17H18N2O/c1-14(16-5-3-2-4-6-16)13-19-17(20)8-7-15-9-11-18-12-10-15/h2-12,14H,13H2,1H3,(H,19,20)/b8-7+. The van der Waals surface area contributed by atoms with Gasteiger partial charge in [0.2, 0.25) is 5.91 Å². The fourth-order valence-corrected chi connectivity index (χ4v) is 1.86. The molecule has 3 heteroatoms. The summed E-state index contributed by atoms with van der Waals surface area (Å²) in [6, 6.07) is 13.9. The van der Waals surface area contributed by atoms with Crippen LogP contribution in [0, 0.1) is 0 Å². The highest BCUT2D eigenvalue weighted by atomic mass is 16.1. The van der Waals surface area contributed by atoms with Crippen molar-refractivity contribution < 1.29 is 4.79 Å². The predicted octanol–water partition coefficient (Wildman–Crippen LogP) is 3.01. The van der Waals surface area contributed by atoms with Crippen LogP contribution in [0.2, 0.25) is 0 Å². The van der Waals surface area contributed by atoms with Gasteiger partial charge >= 0.3 is 0 Å². The molecule has 0 aliphatic heterocycles. The maximum atomic E-state index is 11.7. The van der Waals surface area contributed by atoms with Crippen molar-refractivity contribution in [3.05, 3.63) is 72.1 Å². The minimum Gasteiger partial charge on any atom is -0.352 e. The van der Waals surface area contributed by atoms with Crippen molar-refractivity contribution in [1.82, 2.24) is 10.3 Å². The first-order chi connectivity index (χ1) is 9.75. The lowest BCUT2D eigenvalue weighted by molar-refractivity contribution is -0.116. The van der Waals surface area contributed by atoms with Crippen LogP contribution < -0.4 is 5.32 Å². The quantitative estimate of drug-likeness (QED) is 0.845. The minimum absolute atomic E-state index is 0.0791. The van der Waals surface area contributed by atoms with Gasteiger partial charge in [0.1, 0.15) is 0 Å². The molecule has 0 saturated carbocycles. The molecule has 1 aromatic carbocycles. The van der Waals surface area contributed by atoms with E-state index in [1.165, 1.54) is 5.56 Å². The van der Waals surface area contributed by atoms with E-state index >= 15 is 0 Å². The number of benzene rings is 1. The molecule has 0 saturated heterocycles. The Morgan fingerprint density at radius 1 is 1.20 bits per heavy atom. The van der Waals surface area contributed by atoms with E-state index in [9.17, 15) is 4.79 Å². The fourth-order valence-electron chi connectivity index (χ4n) is 1.86. The molecule has 20 heavy (non-hydrogen) atoms. The van der Waals surface area contributed by atoms with E-state index in [1.807, 2.05) is 30.3 Å². The summed E-state index contributed by atoms with van der Waals surface area (Å²) in [4.78, 5) is 15.7. The number of carbonyl (C=O) groups is 1. The smallest absolute Gasteiger partial charge is 0.244 e. The number of hydrogen-bond acceptors (Lipinski definition) is 2. The molecule has 0 fully saturated rings. The highest BCUT2D eigenvalue weighted by Gasteiger charge is 2.05. The summed E-state index contributed by atoms with van der Waals surface area (Å²) in [6.45, 7) is 2.73. The van der Waals surface area contributed by atoms with Crippen LogP contribution in [0.25, 0.3) is 6.08 Å². The molecule has 0 aliphatic rings. The fraction of sp³-hybridized carbons (Fsp3) is 0.176. The zero-order valence-corrected chi connectivity index (χ0v) is 11.5. The molecule has 0 spiro atoms. The van der Waals surface area contributed by atoms with Crippen LogP contribution in [0.4, 0.5) is 0 Å². The molecule has 1 unspecified atom stereocenters. The van der Waals surface area contributed by atoms with Crippen molar-refractivity contribution in [2.75, 3.05) is 6.54 Å². The van der Waals surface area contributed by atoms with Crippen LogP contribution in [0.1, 0.15) is 24.0 Å². The summed E-state index contributed by atoms with van der Waals surface area (Å²) < 4.78 is 0. The third-order valence-corrected chi connectivity index (χ3v) is 3.08. The Morgan fingerprint density at radius 2 is 1.90 bits per heavy atom. The molecule has 102 valence electrons. The molecular weight excluding hydrogens is 248 g/mol. The molecule has 1 atom stereocenters. The lowest BCUT2D eigenvalue weighted by Gasteiger charge is -2.11. The van der Waals surface area contributed by atoms with E-state index in [0.29, 0.717) is 12.5 Å². The van der Waals surface area contributed by atoms with Crippen LogP contribution in [0.5, 0.6) is 0 Å². The summed E-state index contributed by atoms with van der Waals surface area (Å²) in [5, 5.41) is 2.91. The molecule has 1 N–H and O–H groups in total. The molecule has 1 heterocycles. The number of hydrogen-bond donors (Lipinski definition) is 1. The number of amides is 1. The molecule has 3 nitrogen and oxygen atoms in total. The number of pyridine rings is 1. The van der Waals surface area contributed by atoms with Crippen molar-refractivity contribution >= 4 is 12.0 Å². The third-order valence-electron chi connectivity index (χ3n) is 3.08. The monoisotopic (exact) mass is 266 g/mol. The van der Waals surface area contributed by atoms with Gasteiger partial charge in [0.15, 0.2) is 0 Å². The Hall–Kier alpha value is -2.42. The Morgan fingerprint density at radius 3 is 2.60 bits per heavy atom. The van der Waals surface area contributed by atoms with E-state index in [0.717, 1.165) is 5.56 Å². The van der Waals surface area contributed by atoms with Crippen LogP contribution >= 0.6 is 0 Å². The summed E-state index contributed by atoms with van der Waals surface area (Å²) in [7, 11) is 0. The average molecular weight is 266 g/mol. The Labute approximate surface area is 119 Å². The Kier molecular flexibility index (Phi) is 5.07. The van der Waals surface area contributed by atoms with Gasteiger partial charge in [0.25, 0.3) is 0 Å². The van der Waals surface area contributed by atoms with Gasteiger partial charge in [-0.25, -0.2) is 0 Å². The van der Waals surface area contributed by atoms with Crippen molar-refractivity contribution in [3.63, 3.8) is 0 Å². The Bertz CT molecular complexity index is 564. The van der Waals surface area contributed by atoms with Gasteiger partial charge in [0.05, 0.1) is 0 Å². The first kappa shape index (κ1) is 14.0. The minimum atomic E-state index is -0.0791. The molecule has 2 aromatic rings. The summed E-state index contributed by atoms with van der Waals surface area (Å²) in [6.07, 6.45) is 6.74. The van der Waals surface area contributed by atoms with Crippen molar-refractivity contribution in [2.24, 2.45) is 0 Å². The van der Waals surface area contributed by atoms with Crippen LogP contribution in [0.3, 0.4) is 0 Å². The number of carbonyl (C=O) groups excluding carboxylic acids is 1. The first-order valence-corrected chi connectivity index (χ1v) is 6.66. The molecular formula is C17H18N2O. The van der Waals surface area contributed by atoms with Gasteiger partial charge in [-0.2, -0.15) is 0 Å². The van der Waals surface area contributed by atoms with E-state index in [-0.39, 0.29) is 5.91 Å².